The van der Waals surface area contributed by atoms with Crippen LogP contribution in [0.3, 0.4) is 0 Å². The lowest BCUT2D eigenvalue weighted by Gasteiger charge is -2.13. The summed E-state index contributed by atoms with van der Waals surface area (Å²) in [5, 5.41) is 5.53. The van der Waals surface area contributed by atoms with E-state index >= 15 is 0 Å². The molecule has 1 atom stereocenters. The Balaban J connectivity index is 1.74. The summed E-state index contributed by atoms with van der Waals surface area (Å²) in [5.74, 6) is -0.312. The van der Waals surface area contributed by atoms with Crippen molar-refractivity contribution in [3.63, 3.8) is 0 Å². The van der Waals surface area contributed by atoms with E-state index in [9.17, 15) is 9.59 Å². The highest BCUT2D eigenvalue weighted by molar-refractivity contribution is 6.01. The summed E-state index contributed by atoms with van der Waals surface area (Å²) >= 11 is 0. The Labute approximate surface area is 122 Å². The van der Waals surface area contributed by atoms with Crippen molar-refractivity contribution in [3.8, 4) is 0 Å². The molecule has 0 unspecified atom stereocenters. The molecule has 0 aromatic heterocycles. The summed E-state index contributed by atoms with van der Waals surface area (Å²) < 4.78 is 0. The molecule has 0 saturated carbocycles. The molecule has 0 fully saturated rings. The van der Waals surface area contributed by atoms with E-state index < -0.39 is 6.04 Å². The molecule has 1 aliphatic rings. The SMILES string of the molecule is N[C@H](C(=O)Nc1ccc2c(c1)CC(=O)N2)c1ccccc1. The molecule has 5 nitrogen and oxygen atoms in total. The highest BCUT2D eigenvalue weighted by Crippen LogP contribution is 2.26. The van der Waals surface area contributed by atoms with Gasteiger partial charge in [0, 0.05) is 11.4 Å². The van der Waals surface area contributed by atoms with E-state index in [0.717, 1.165) is 16.8 Å². The van der Waals surface area contributed by atoms with Gasteiger partial charge in [-0.3, -0.25) is 9.59 Å². The number of anilines is 2. The molecule has 2 amide bonds. The van der Waals surface area contributed by atoms with Crippen LogP contribution in [0.4, 0.5) is 11.4 Å². The van der Waals surface area contributed by atoms with Crippen LogP contribution < -0.4 is 16.4 Å². The van der Waals surface area contributed by atoms with E-state index in [1.165, 1.54) is 0 Å². The van der Waals surface area contributed by atoms with E-state index in [1.54, 1.807) is 18.2 Å². The van der Waals surface area contributed by atoms with Crippen molar-refractivity contribution in [1.29, 1.82) is 0 Å². The van der Waals surface area contributed by atoms with Crippen molar-refractivity contribution >= 4 is 23.2 Å². The Morgan fingerprint density at radius 3 is 2.71 bits per heavy atom. The van der Waals surface area contributed by atoms with Gasteiger partial charge in [-0.15, -0.1) is 0 Å². The number of benzene rings is 2. The minimum atomic E-state index is -0.723. The minimum Gasteiger partial charge on any atom is -0.326 e. The van der Waals surface area contributed by atoms with E-state index in [1.807, 2.05) is 30.3 Å². The average Bonchev–Trinajstić information content (AvgIpc) is 2.86. The Bertz CT molecular complexity index is 698. The number of rotatable bonds is 3. The van der Waals surface area contributed by atoms with Crippen LogP contribution in [0.5, 0.6) is 0 Å². The van der Waals surface area contributed by atoms with Crippen LogP contribution in [0.2, 0.25) is 0 Å². The maximum Gasteiger partial charge on any atom is 0.245 e. The van der Waals surface area contributed by atoms with E-state index in [2.05, 4.69) is 10.6 Å². The van der Waals surface area contributed by atoms with E-state index in [0.29, 0.717) is 12.1 Å². The van der Waals surface area contributed by atoms with Gasteiger partial charge < -0.3 is 16.4 Å². The van der Waals surface area contributed by atoms with E-state index in [-0.39, 0.29) is 11.8 Å². The smallest absolute Gasteiger partial charge is 0.245 e. The van der Waals surface area contributed by atoms with Crippen LogP contribution in [0.25, 0.3) is 0 Å². The number of carbonyl (C=O) groups is 2. The Morgan fingerprint density at radius 1 is 1.19 bits per heavy atom. The van der Waals surface area contributed by atoms with Crippen LogP contribution in [0.1, 0.15) is 17.2 Å². The highest BCUT2D eigenvalue weighted by atomic mass is 16.2. The molecule has 5 heteroatoms. The zero-order chi connectivity index (χ0) is 14.8. The summed E-state index contributed by atoms with van der Waals surface area (Å²) in [6, 6.07) is 13.8. The number of nitrogens with one attached hydrogen (secondary N) is 2. The van der Waals surface area contributed by atoms with Gasteiger partial charge in [0.05, 0.1) is 6.42 Å². The normalized spacial score (nSPS) is 14.2. The quantitative estimate of drug-likeness (QED) is 0.802. The molecule has 0 spiro atoms. The summed E-state index contributed by atoms with van der Waals surface area (Å²) in [5.41, 5.74) is 9.02. The van der Waals surface area contributed by atoms with Crippen LogP contribution >= 0.6 is 0 Å². The number of hydrogen-bond acceptors (Lipinski definition) is 3. The molecular weight excluding hydrogens is 266 g/mol. The van der Waals surface area contributed by atoms with Crippen LogP contribution in [-0.2, 0) is 16.0 Å². The molecular formula is C16H15N3O2. The van der Waals surface area contributed by atoms with Crippen molar-refractivity contribution in [3.05, 3.63) is 59.7 Å². The molecule has 0 radical (unpaired) electrons. The van der Waals surface area contributed by atoms with Crippen LogP contribution in [-0.4, -0.2) is 11.8 Å². The maximum absolute atomic E-state index is 12.2. The summed E-state index contributed by atoms with van der Waals surface area (Å²) in [4.78, 5) is 23.5. The molecule has 4 N–H and O–H groups in total. The Morgan fingerprint density at radius 2 is 1.95 bits per heavy atom. The van der Waals surface area contributed by atoms with Gasteiger partial charge in [-0.2, -0.15) is 0 Å². The zero-order valence-corrected chi connectivity index (χ0v) is 11.3. The first kappa shape index (κ1) is 13.3. The molecule has 0 aliphatic carbocycles. The highest BCUT2D eigenvalue weighted by Gasteiger charge is 2.19. The molecule has 2 aromatic carbocycles. The van der Waals surface area contributed by atoms with E-state index in [4.69, 9.17) is 5.73 Å². The second-order valence-electron chi connectivity index (χ2n) is 4.97. The zero-order valence-electron chi connectivity index (χ0n) is 11.3. The number of amides is 2. The monoisotopic (exact) mass is 281 g/mol. The standard InChI is InChI=1S/C16H15N3O2/c17-15(10-4-2-1-3-5-10)16(21)18-12-6-7-13-11(8-12)9-14(20)19-13/h1-8,15H,9,17H2,(H,18,21)(H,19,20)/t15-/m0/s1. The molecule has 1 aliphatic heterocycles. The maximum atomic E-state index is 12.2. The third-order valence-electron chi connectivity index (χ3n) is 3.44. The lowest BCUT2D eigenvalue weighted by atomic mass is 10.1. The van der Waals surface area contributed by atoms with Gasteiger partial charge in [0.25, 0.3) is 0 Å². The van der Waals surface area contributed by atoms with Crippen molar-refractivity contribution in [2.24, 2.45) is 5.73 Å². The van der Waals surface area contributed by atoms with Gasteiger partial charge in [0.2, 0.25) is 11.8 Å². The predicted molar refractivity (Wildman–Crippen MR) is 80.8 cm³/mol. The van der Waals surface area contributed by atoms with Crippen molar-refractivity contribution in [2.75, 3.05) is 10.6 Å². The topological polar surface area (TPSA) is 84.2 Å². The first-order valence-corrected chi connectivity index (χ1v) is 6.67. The lowest BCUT2D eigenvalue weighted by Crippen LogP contribution is -2.27. The predicted octanol–water partition coefficient (Wildman–Crippen LogP) is 1.82. The van der Waals surface area contributed by atoms with Gasteiger partial charge in [-0.1, -0.05) is 30.3 Å². The summed E-state index contributed by atoms with van der Waals surface area (Å²) in [6.45, 7) is 0. The molecule has 106 valence electrons. The van der Waals surface area contributed by atoms with Crippen LogP contribution in [0, 0.1) is 0 Å². The second-order valence-corrected chi connectivity index (χ2v) is 4.97. The largest absolute Gasteiger partial charge is 0.326 e. The summed E-state index contributed by atoms with van der Waals surface area (Å²) in [6.07, 6.45) is 0.337. The first-order chi connectivity index (χ1) is 10.1. The average molecular weight is 281 g/mol. The van der Waals surface area contributed by atoms with Gasteiger partial charge in [0.1, 0.15) is 6.04 Å². The number of nitrogens with two attached hydrogens (primary N) is 1. The molecule has 2 aromatic rings. The molecule has 1 heterocycles. The molecule has 0 saturated heterocycles. The van der Waals surface area contributed by atoms with Crippen molar-refractivity contribution < 1.29 is 9.59 Å². The molecule has 0 bridgehead atoms. The van der Waals surface area contributed by atoms with Gasteiger partial charge in [-0.05, 0) is 29.3 Å². The fraction of sp³-hybridized carbons (Fsp3) is 0.125. The van der Waals surface area contributed by atoms with Crippen molar-refractivity contribution in [1.82, 2.24) is 0 Å². The third-order valence-corrected chi connectivity index (χ3v) is 3.44. The second kappa shape index (κ2) is 5.38. The number of fused-ring (bicyclic) bond motifs is 1. The third kappa shape index (κ3) is 2.78. The van der Waals surface area contributed by atoms with Gasteiger partial charge in [0.15, 0.2) is 0 Å². The summed E-state index contributed by atoms with van der Waals surface area (Å²) in [7, 11) is 0. The molecule has 21 heavy (non-hydrogen) atoms. The molecule has 3 rings (SSSR count). The van der Waals surface area contributed by atoms with Gasteiger partial charge in [-0.25, -0.2) is 0 Å². The lowest BCUT2D eigenvalue weighted by molar-refractivity contribution is -0.117. The van der Waals surface area contributed by atoms with Crippen molar-refractivity contribution in [2.45, 2.75) is 12.5 Å². The Hall–Kier alpha value is -2.66. The number of carbonyl (C=O) groups excluding carboxylic acids is 2. The first-order valence-electron chi connectivity index (χ1n) is 6.67. The Kier molecular flexibility index (Phi) is 3.41. The van der Waals surface area contributed by atoms with Gasteiger partial charge >= 0.3 is 0 Å². The van der Waals surface area contributed by atoms with Crippen LogP contribution in [0.15, 0.2) is 48.5 Å². The fourth-order valence-electron chi connectivity index (χ4n) is 2.34. The minimum absolute atomic E-state index is 0.0329. The number of hydrogen-bond donors (Lipinski definition) is 3. The fourth-order valence-corrected chi connectivity index (χ4v) is 2.34.